The Hall–Kier alpha value is -3.41. The number of aryl methyl sites for hydroxylation is 1. The molecule has 0 saturated heterocycles. The highest BCUT2D eigenvalue weighted by Gasteiger charge is 2.25. The summed E-state index contributed by atoms with van der Waals surface area (Å²) >= 11 is 0. The molecule has 2 heterocycles. The van der Waals surface area contributed by atoms with Crippen LogP contribution < -0.4 is 28.3 Å². The smallest absolute Gasteiger partial charge is 0.376 e. The summed E-state index contributed by atoms with van der Waals surface area (Å²) in [5, 5.41) is 5.22. The van der Waals surface area contributed by atoms with Crippen LogP contribution in [-0.4, -0.2) is 28.1 Å². The lowest BCUT2D eigenvalue weighted by molar-refractivity contribution is -0.648. The van der Waals surface area contributed by atoms with Crippen LogP contribution in [0.4, 0.5) is 0 Å². The van der Waals surface area contributed by atoms with Crippen LogP contribution in [0.1, 0.15) is 0 Å². The Morgan fingerprint density at radius 3 is 2.11 bits per heavy atom. The van der Waals surface area contributed by atoms with Crippen molar-refractivity contribution < 1.29 is 28.3 Å². The van der Waals surface area contributed by atoms with Crippen LogP contribution in [0.15, 0.2) is 36.4 Å². The van der Waals surface area contributed by atoms with Gasteiger partial charge in [0.15, 0.2) is 23.0 Å². The predicted octanol–water partition coefficient (Wildman–Crippen LogP) is 3.73. The van der Waals surface area contributed by atoms with Gasteiger partial charge in [-0.25, -0.2) is 0 Å². The van der Waals surface area contributed by atoms with Crippen LogP contribution in [0.5, 0.6) is 28.9 Å². The first kappa shape index (κ1) is 16.7. The molecule has 0 bridgehead atoms. The van der Waals surface area contributed by atoms with E-state index in [2.05, 4.69) is 16.7 Å². The van der Waals surface area contributed by atoms with Crippen molar-refractivity contribution in [2.24, 2.45) is 7.05 Å². The second-order valence-electron chi connectivity index (χ2n) is 6.71. The zero-order valence-corrected chi connectivity index (χ0v) is 16.2. The number of aromatic nitrogens is 1. The van der Waals surface area contributed by atoms with Gasteiger partial charge in [0.25, 0.3) is 0 Å². The third-order valence-corrected chi connectivity index (χ3v) is 5.36. The fraction of sp³-hybridized carbons (Fsp3) is 0.227. The largest absolute Gasteiger partial charge is 0.493 e. The van der Waals surface area contributed by atoms with E-state index in [-0.39, 0.29) is 6.79 Å². The third-order valence-electron chi connectivity index (χ3n) is 5.36. The van der Waals surface area contributed by atoms with Crippen molar-refractivity contribution in [2.75, 3.05) is 28.1 Å². The Morgan fingerprint density at radius 2 is 1.43 bits per heavy atom. The monoisotopic (exact) mass is 378 g/mol. The molecule has 0 unspecified atom stereocenters. The molecule has 0 spiro atoms. The van der Waals surface area contributed by atoms with Gasteiger partial charge in [-0.3, -0.25) is 0 Å². The lowest BCUT2D eigenvalue weighted by Gasteiger charge is -2.13. The normalized spacial score (nSPS) is 12.7. The molecule has 142 valence electrons. The molecule has 6 heteroatoms. The van der Waals surface area contributed by atoms with Crippen LogP contribution in [-0.2, 0) is 7.05 Å². The molecule has 1 aliphatic heterocycles. The Bertz CT molecular complexity index is 1270. The summed E-state index contributed by atoms with van der Waals surface area (Å²) in [4.78, 5) is 0. The molecule has 28 heavy (non-hydrogen) atoms. The van der Waals surface area contributed by atoms with Crippen LogP contribution in [0.3, 0.4) is 0 Å². The number of hydrogen-bond donors (Lipinski definition) is 0. The summed E-state index contributed by atoms with van der Waals surface area (Å²) < 4.78 is 30.0. The third kappa shape index (κ3) is 2.17. The highest BCUT2D eigenvalue weighted by Crippen LogP contribution is 2.42. The number of nitrogens with zero attached hydrogens (tertiary/aromatic N) is 1. The van der Waals surface area contributed by atoms with E-state index in [9.17, 15) is 0 Å². The quantitative estimate of drug-likeness (QED) is 0.402. The zero-order valence-electron chi connectivity index (χ0n) is 16.2. The molecule has 0 fully saturated rings. The highest BCUT2D eigenvalue weighted by atomic mass is 16.7. The van der Waals surface area contributed by atoms with Crippen LogP contribution in [0.2, 0.25) is 0 Å². The first-order valence-corrected chi connectivity index (χ1v) is 8.94. The van der Waals surface area contributed by atoms with Gasteiger partial charge in [-0.1, -0.05) is 6.07 Å². The minimum absolute atomic E-state index is 0.249. The van der Waals surface area contributed by atoms with Gasteiger partial charge in [0.1, 0.15) is 7.05 Å². The van der Waals surface area contributed by atoms with Crippen molar-refractivity contribution in [2.45, 2.75) is 0 Å². The molecule has 4 aromatic rings. The number of rotatable bonds is 3. The fourth-order valence-electron chi connectivity index (χ4n) is 4.08. The van der Waals surface area contributed by atoms with E-state index in [0.717, 1.165) is 49.8 Å². The first-order valence-electron chi connectivity index (χ1n) is 8.94. The van der Waals surface area contributed by atoms with E-state index in [4.69, 9.17) is 23.7 Å². The molecule has 1 aromatic heterocycles. The van der Waals surface area contributed by atoms with Gasteiger partial charge in [0.2, 0.25) is 12.3 Å². The van der Waals surface area contributed by atoms with E-state index in [0.29, 0.717) is 11.5 Å². The number of methoxy groups -OCH3 is 3. The number of pyridine rings is 1. The highest BCUT2D eigenvalue weighted by molar-refractivity contribution is 6.15. The van der Waals surface area contributed by atoms with E-state index in [1.54, 1.807) is 21.3 Å². The summed E-state index contributed by atoms with van der Waals surface area (Å²) in [6.07, 6.45) is 0. The van der Waals surface area contributed by atoms with E-state index in [1.165, 1.54) is 0 Å². The molecule has 1 aliphatic rings. The minimum Gasteiger partial charge on any atom is -0.493 e. The number of hydrogen-bond acceptors (Lipinski definition) is 5. The average molecular weight is 378 g/mol. The Kier molecular flexibility index (Phi) is 3.62. The molecule has 0 radical (unpaired) electrons. The van der Waals surface area contributed by atoms with Gasteiger partial charge in [0.05, 0.1) is 37.5 Å². The van der Waals surface area contributed by atoms with Gasteiger partial charge in [-0.2, -0.15) is 4.57 Å². The summed E-state index contributed by atoms with van der Waals surface area (Å²) in [6.45, 7) is 0.249. The van der Waals surface area contributed by atoms with E-state index >= 15 is 0 Å². The van der Waals surface area contributed by atoms with Crippen LogP contribution in [0.25, 0.3) is 32.4 Å². The second kappa shape index (κ2) is 6.05. The molecular weight excluding hydrogens is 358 g/mol. The van der Waals surface area contributed by atoms with Crippen molar-refractivity contribution in [1.29, 1.82) is 0 Å². The van der Waals surface area contributed by atoms with Gasteiger partial charge >= 0.3 is 5.88 Å². The average Bonchev–Trinajstić information content (AvgIpc) is 3.18. The molecule has 3 aromatic carbocycles. The molecule has 0 amide bonds. The maximum Gasteiger partial charge on any atom is 0.376 e. The molecule has 5 rings (SSSR count). The number of benzene rings is 3. The van der Waals surface area contributed by atoms with Crippen molar-refractivity contribution in [3.05, 3.63) is 36.4 Å². The standard InChI is InChI=1S/C22H20NO5/c1-23-21-13(6-5-12-7-19-20(8-14(12)21)28-11-27-19)15-9-17(24-2)18(25-3)10-16(15)22(23)26-4/h5-10H,11H2,1-4H3/q+1. The number of fused-ring (bicyclic) bond motifs is 6. The molecule has 0 atom stereocenters. The second-order valence-corrected chi connectivity index (χ2v) is 6.71. The molecule has 6 nitrogen and oxygen atoms in total. The Balaban J connectivity index is 1.99. The van der Waals surface area contributed by atoms with Crippen molar-refractivity contribution >= 4 is 32.4 Å². The molecule has 0 aliphatic carbocycles. The lowest BCUT2D eigenvalue weighted by Crippen LogP contribution is -2.31. The fourth-order valence-corrected chi connectivity index (χ4v) is 4.08. The summed E-state index contributed by atoms with van der Waals surface area (Å²) in [6, 6.07) is 12.2. The van der Waals surface area contributed by atoms with E-state index in [1.807, 2.05) is 31.3 Å². The van der Waals surface area contributed by atoms with Gasteiger partial charge in [-0.15, -0.1) is 0 Å². The number of ether oxygens (including phenoxy) is 5. The molecule has 0 saturated carbocycles. The van der Waals surface area contributed by atoms with E-state index < -0.39 is 0 Å². The Morgan fingerprint density at radius 1 is 0.750 bits per heavy atom. The lowest BCUT2D eigenvalue weighted by atomic mass is 10.00. The minimum atomic E-state index is 0.249. The SMILES string of the molecule is COc1cc2c(OC)[n+](C)c3c4cc5c(cc4ccc3c2cc1OC)OCO5. The summed E-state index contributed by atoms with van der Waals surface area (Å²) in [5.74, 6) is 3.61. The Labute approximate surface area is 161 Å². The zero-order chi connectivity index (χ0) is 19.4. The maximum absolute atomic E-state index is 5.79. The van der Waals surface area contributed by atoms with Gasteiger partial charge < -0.3 is 23.7 Å². The van der Waals surface area contributed by atoms with Crippen molar-refractivity contribution in [3.8, 4) is 28.9 Å². The molecule has 0 N–H and O–H groups in total. The van der Waals surface area contributed by atoms with Crippen molar-refractivity contribution in [1.82, 2.24) is 0 Å². The van der Waals surface area contributed by atoms with Gasteiger partial charge in [0, 0.05) is 11.5 Å². The van der Waals surface area contributed by atoms with Crippen molar-refractivity contribution in [3.63, 3.8) is 0 Å². The summed E-state index contributed by atoms with van der Waals surface area (Å²) in [5.41, 5.74) is 1.05. The summed E-state index contributed by atoms with van der Waals surface area (Å²) in [7, 11) is 6.95. The van der Waals surface area contributed by atoms with Crippen LogP contribution >= 0.6 is 0 Å². The maximum atomic E-state index is 5.79. The van der Waals surface area contributed by atoms with Crippen LogP contribution in [0, 0.1) is 0 Å². The molecular formula is C22H20NO5+. The predicted molar refractivity (Wildman–Crippen MR) is 106 cm³/mol. The first-order chi connectivity index (χ1) is 13.7. The van der Waals surface area contributed by atoms with Gasteiger partial charge in [-0.05, 0) is 29.7 Å². The topological polar surface area (TPSA) is 50.0 Å².